The molecule has 234 valence electrons. The number of hydrogen-bond acceptors (Lipinski definition) is 7. The van der Waals surface area contributed by atoms with Gasteiger partial charge in [0.15, 0.2) is 5.78 Å². The van der Waals surface area contributed by atoms with Gasteiger partial charge in [-0.05, 0) is 83.1 Å². The first kappa shape index (κ1) is 31.7. The van der Waals surface area contributed by atoms with Crippen LogP contribution in [0.1, 0.15) is 97.8 Å². The smallest absolute Gasteiger partial charge is 0.264 e. The van der Waals surface area contributed by atoms with Gasteiger partial charge in [0, 0.05) is 30.5 Å². The zero-order valence-corrected chi connectivity index (χ0v) is 27.3. The minimum Gasteiger partial charge on any atom is -0.371 e. The molecule has 0 radical (unpaired) electrons. The number of nitrogens with one attached hydrogen (secondary N) is 1. The monoisotopic (exact) mass is 618 g/mol. The first-order chi connectivity index (χ1) is 20.9. The van der Waals surface area contributed by atoms with E-state index in [2.05, 4.69) is 27.4 Å². The molecule has 2 aromatic carbocycles. The van der Waals surface area contributed by atoms with Crippen LogP contribution in [0.15, 0.2) is 51.9 Å². The van der Waals surface area contributed by atoms with E-state index < -0.39 is 15.6 Å². The zero-order valence-electron chi connectivity index (χ0n) is 26.5. The highest BCUT2D eigenvalue weighted by Gasteiger charge is 2.27. The molecule has 0 bridgehead atoms. The highest BCUT2D eigenvalue weighted by atomic mass is 32.2. The fourth-order valence-electron chi connectivity index (χ4n) is 5.54. The number of ether oxygens (including phenoxy) is 1. The van der Waals surface area contributed by atoms with Crippen molar-refractivity contribution in [3.63, 3.8) is 0 Å². The average Bonchev–Trinajstić information content (AvgIpc) is 3.40. The Labute approximate surface area is 260 Å². The van der Waals surface area contributed by atoms with E-state index in [1.807, 2.05) is 39.0 Å². The summed E-state index contributed by atoms with van der Waals surface area (Å²) in [6.45, 7) is 12.4. The number of anilines is 1. The molecule has 0 aliphatic heterocycles. The Morgan fingerprint density at radius 2 is 1.80 bits per heavy atom. The van der Waals surface area contributed by atoms with Crippen molar-refractivity contribution in [3.05, 3.63) is 82.1 Å². The Morgan fingerprint density at radius 1 is 1.05 bits per heavy atom. The molecule has 2 heterocycles. The molecule has 1 N–H and O–H groups in total. The largest absolute Gasteiger partial charge is 0.371 e. The van der Waals surface area contributed by atoms with E-state index in [-0.39, 0.29) is 23.2 Å². The summed E-state index contributed by atoms with van der Waals surface area (Å²) in [5, 5.41) is 3.88. The Kier molecular flexibility index (Phi) is 9.13. The van der Waals surface area contributed by atoms with Gasteiger partial charge in [-0.3, -0.25) is 4.79 Å². The SMILES string of the molecule is CCCc1nc2c(n1Cc1ccc(-c3ccccc3S(=O)(=O)Nc3onc(C)c3C)c(COC(C)(C)C)c1)C(=O)CCCC2. The number of sulfonamides is 1. The minimum atomic E-state index is -4.02. The van der Waals surface area contributed by atoms with Gasteiger partial charge in [-0.1, -0.05) is 48.5 Å². The molecular formula is C34H42N4O5S. The van der Waals surface area contributed by atoms with Crippen LogP contribution in [0.5, 0.6) is 0 Å². The van der Waals surface area contributed by atoms with Gasteiger partial charge < -0.3 is 13.8 Å². The lowest BCUT2D eigenvalue weighted by atomic mass is 9.97. The number of rotatable bonds is 10. The van der Waals surface area contributed by atoms with E-state index in [1.54, 1.807) is 32.0 Å². The van der Waals surface area contributed by atoms with Crippen molar-refractivity contribution in [2.45, 2.75) is 104 Å². The first-order valence-corrected chi connectivity index (χ1v) is 16.8. The molecule has 0 fully saturated rings. The number of ketones is 1. The molecule has 0 atom stereocenters. The predicted octanol–water partition coefficient (Wildman–Crippen LogP) is 7.18. The summed E-state index contributed by atoms with van der Waals surface area (Å²) in [4.78, 5) is 18.2. The van der Waals surface area contributed by atoms with Crippen molar-refractivity contribution < 1.29 is 22.5 Å². The maximum absolute atomic E-state index is 13.7. The van der Waals surface area contributed by atoms with Crippen LogP contribution in [0, 0.1) is 13.8 Å². The van der Waals surface area contributed by atoms with Gasteiger partial charge in [0.2, 0.25) is 5.88 Å². The lowest BCUT2D eigenvalue weighted by molar-refractivity contribution is -0.0147. The lowest BCUT2D eigenvalue weighted by Gasteiger charge is -2.22. The quantitative estimate of drug-likeness (QED) is 0.187. The Bertz CT molecular complexity index is 1780. The molecule has 0 saturated carbocycles. The van der Waals surface area contributed by atoms with Gasteiger partial charge in [-0.25, -0.2) is 18.1 Å². The fraction of sp³-hybridized carbons (Fsp3) is 0.441. The highest BCUT2D eigenvalue weighted by Crippen LogP contribution is 2.34. The van der Waals surface area contributed by atoms with E-state index in [1.165, 1.54) is 0 Å². The Morgan fingerprint density at radius 3 is 2.50 bits per heavy atom. The molecule has 9 nitrogen and oxygen atoms in total. The van der Waals surface area contributed by atoms with Crippen molar-refractivity contribution in [2.24, 2.45) is 0 Å². The van der Waals surface area contributed by atoms with Crippen molar-refractivity contribution in [3.8, 4) is 11.1 Å². The van der Waals surface area contributed by atoms with Crippen LogP contribution in [0.2, 0.25) is 0 Å². The van der Waals surface area contributed by atoms with E-state index in [0.717, 1.165) is 66.0 Å². The van der Waals surface area contributed by atoms with Crippen LogP contribution in [0.25, 0.3) is 11.1 Å². The summed E-state index contributed by atoms with van der Waals surface area (Å²) in [6, 6.07) is 12.9. The van der Waals surface area contributed by atoms with Crippen LogP contribution in [0.4, 0.5) is 5.88 Å². The zero-order chi connectivity index (χ0) is 31.6. The van der Waals surface area contributed by atoms with E-state index in [0.29, 0.717) is 29.8 Å². The van der Waals surface area contributed by atoms with Crippen molar-refractivity contribution in [2.75, 3.05) is 4.72 Å². The van der Waals surface area contributed by atoms with E-state index in [4.69, 9.17) is 14.2 Å². The summed E-state index contributed by atoms with van der Waals surface area (Å²) >= 11 is 0. The molecule has 0 unspecified atom stereocenters. The van der Waals surface area contributed by atoms with Crippen molar-refractivity contribution in [1.82, 2.24) is 14.7 Å². The van der Waals surface area contributed by atoms with Crippen LogP contribution in [0.3, 0.4) is 0 Å². The number of fused-ring (bicyclic) bond motifs is 1. The summed E-state index contributed by atoms with van der Waals surface area (Å²) in [7, 11) is -4.02. The molecule has 1 aliphatic rings. The van der Waals surface area contributed by atoms with Crippen molar-refractivity contribution in [1.29, 1.82) is 0 Å². The van der Waals surface area contributed by atoms with Gasteiger partial charge in [0.05, 0.1) is 28.5 Å². The third-order valence-electron chi connectivity index (χ3n) is 7.95. The fourth-order valence-corrected chi connectivity index (χ4v) is 6.81. The molecule has 44 heavy (non-hydrogen) atoms. The molecule has 0 spiro atoms. The van der Waals surface area contributed by atoms with Gasteiger partial charge >= 0.3 is 0 Å². The molecule has 0 amide bonds. The summed E-state index contributed by atoms with van der Waals surface area (Å²) in [5.74, 6) is 1.19. The number of aromatic nitrogens is 3. The highest BCUT2D eigenvalue weighted by molar-refractivity contribution is 7.92. The average molecular weight is 619 g/mol. The Balaban J connectivity index is 1.58. The van der Waals surface area contributed by atoms with Gasteiger partial charge in [-0.15, -0.1) is 0 Å². The summed E-state index contributed by atoms with van der Waals surface area (Å²) in [6.07, 6.45) is 4.94. The van der Waals surface area contributed by atoms with Gasteiger partial charge in [0.25, 0.3) is 10.0 Å². The van der Waals surface area contributed by atoms with Gasteiger partial charge in [0.1, 0.15) is 11.5 Å². The lowest BCUT2D eigenvalue weighted by Crippen LogP contribution is -2.19. The third kappa shape index (κ3) is 6.81. The number of imidazole rings is 1. The molecule has 10 heteroatoms. The maximum Gasteiger partial charge on any atom is 0.264 e. The topological polar surface area (TPSA) is 116 Å². The maximum atomic E-state index is 13.7. The number of nitrogens with zero attached hydrogens (tertiary/aromatic N) is 3. The summed E-state index contributed by atoms with van der Waals surface area (Å²) in [5.41, 5.74) is 5.62. The molecule has 1 aliphatic carbocycles. The second kappa shape index (κ2) is 12.7. The number of carbonyl (C=O) groups is 1. The molecule has 2 aromatic heterocycles. The van der Waals surface area contributed by atoms with Crippen LogP contribution < -0.4 is 4.72 Å². The molecule has 0 saturated heterocycles. The van der Waals surface area contributed by atoms with E-state index >= 15 is 0 Å². The second-order valence-corrected chi connectivity index (χ2v) is 14.2. The van der Waals surface area contributed by atoms with E-state index in [9.17, 15) is 13.2 Å². The number of carbonyl (C=O) groups excluding carboxylic acids is 1. The van der Waals surface area contributed by atoms with Crippen LogP contribution in [-0.4, -0.2) is 34.5 Å². The molecular weight excluding hydrogens is 576 g/mol. The Hall–Kier alpha value is -3.76. The predicted molar refractivity (Wildman–Crippen MR) is 170 cm³/mol. The van der Waals surface area contributed by atoms with Crippen molar-refractivity contribution >= 4 is 21.7 Å². The summed E-state index contributed by atoms with van der Waals surface area (Å²) < 4.78 is 43.5. The standard InChI is InChI=1S/C34H42N4O5S/c1-7-12-31-35-28-14-9-10-15-29(39)32(28)38(31)20-24-17-18-26(25(19-24)21-42-34(4,5)6)27-13-8-11-16-30(27)44(40,41)37-33-22(2)23(3)36-43-33/h8,11,13,16-19,37H,7,9-10,12,14-15,20-21H2,1-6H3. The van der Waals surface area contributed by atoms with Crippen LogP contribution in [-0.2, 0) is 40.8 Å². The number of Topliss-reactive ketones (excluding diaryl/α,β-unsaturated/α-hetero) is 1. The van der Waals surface area contributed by atoms with Gasteiger partial charge in [-0.2, -0.15) is 0 Å². The molecule has 5 rings (SSSR count). The first-order valence-electron chi connectivity index (χ1n) is 15.3. The number of hydrogen-bond donors (Lipinski definition) is 1. The number of aryl methyl sites for hydroxylation is 3. The molecule has 4 aromatic rings. The second-order valence-electron chi connectivity index (χ2n) is 12.5. The normalized spacial score (nSPS) is 14.0. The number of benzene rings is 2. The third-order valence-corrected chi connectivity index (χ3v) is 9.34. The minimum absolute atomic E-state index is 0.0980. The van der Waals surface area contributed by atoms with Crippen LogP contribution >= 0.6 is 0 Å².